The van der Waals surface area contributed by atoms with E-state index < -0.39 is 5.82 Å². The third-order valence-electron chi connectivity index (χ3n) is 6.33. The smallest absolute Gasteiger partial charge is 0.334 e. The van der Waals surface area contributed by atoms with Crippen molar-refractivity contribution in [3.63, 3.8) is 0 Å². The Morgan fingerprint density at radius 3 is 2.39 bits per heavy atom. The summed E-state index contributed by atoms with van der Waals surface area (Å²) in [4.78, 5) is 12.7. The predicted octanol–water partition coefficient (Wildman–Crippen LogP) is 6.97. The zero-order valence-electron chi connectivity index (χ0n) is 19.9. The molecule has 0 heterocycles. The van der Waals surface area contributed by atoms with Crippen molar-refractivity contribution in [1.29, 1.82) is 0 Å². The highest BCUT2D eigenvalue weighted by atomic mass is 19.1. The average molecular weight is 455 g/mol. The van der Waals surface area contributed by atoms with Crippen LogP contribution in [-0.4, -0.2) is 19.7 Å². The minimum Gasteiger partial charge on any atom is -0.491 e. The molecule has 3 rings (SSSR count). The van der Waals surface area contributed by atoms with Crippen LogP contribution in [0.5, 0.6) is 11.5 Å². The third kappa shape index (κ3) is 6.59. The Morgan fingerprint density at radius 1 is 1.03 bits per heavy atom. The second-order valence-corrected chi connectivity index (χ2v) is 8.60. The molecule has 0 radical (unpaired) electrons. The lowest BCUT2D eigenvalue weighted by molar-refractivity contribution is -0.136. The summed E-state index contributed by atoms with van der Waals surface area (Å²) < 4.78 is 31.8. The highest BCUT2D eigenvalue weighted by Gasteiger charge is 2.28. The maximum atomic E-state index is 15.3. The van der Waals surface area contributed by atoms with Crippen molar-refractivity contribution in [2.75, 3.05) is 13.7 Å². The number of carbonyl (C=O) groups is 1. The lowest BCUT2D eigenvalue weighted by Gasteiger charge is -2.29. The minimum atomic E-state index is -0.558. The fraction of sp³-hybridized carbons (Fsp3) is 0.464. The Labute approximate surface area is 196 Å². The molecule has 1 aliphatic carbocycles. The molecule has 0 atom stereocenters. The van der Waals surface area contributed by atoms with Crippen molar-refractivity contribution < 1.29 is 23.4 Å². The first kappa shape index (κ1) is 24.8. The van der Waals surface area contributed by atoms with Gasteiger partial charge in [0.05, 0.1) is 13.7 Å². The summed E-state index contributed by atoms with van der Waals surface area (Å²) in [7, 11) is 1.39. The number of esters is 1. The number of ether oxygens (including phenoxy) is 3. The standard InChI is InChI=1S/C28H35FO4/c1-4-9-20-12-14-22(15-13-20)24(28(30)31-3)18-23-16-17-25(32-5-2)26(29)27(23)33-19-21-10-7-6-8-11-21/h6-8,10-11,16-18,20,22H,4-5,9,12-15,19H2,1-3H3/b24-18-. The van der Waals surface area contributed by atoms with Crippen molar-refractivity contribution in [3.05, 3.63) is 65.0 Å². The van der Waals surface area contributed by atoms with Gasteiger partial charge >= 0.3 is 5.97 Å². The van der Waals surface area contributed by atoms with E-state index >= 15 is 4.39 Å². The maximum absolute atomic E-state index is 15.3. The van der Waals surface area contributed by atoms with Crippen LogP contribution in [0, 0.1) is 17.7 Å². The van der Waals surface area contributed by atoms with E-state index in [0.717, 1.165) is 37.2 Å². The van der Waals surface area contributed by atoms with E-state index in [9.17, 15) is 4.79 Å². The van der Waals surface area contributed by atoms with Crippen molar-refractivity contribution in [1.82, 2.24) is 0 Å². The molecule has 4 nitrogen and oxygen atoms in total. The van der Waals surface area contributed by atoms with Gasteiger partial charge < -0.3 is 14.2 Å². The molecular formula is C28H35FO4. The fourth-order valence-corrected chi connectivity index (χ4v) is 4.61. The highest BCUT2D eigenvalue weighted by Crippen LogP contribution is 2.38. The topological polar surface area (TPSA) is 44.8 Å². The zero-order valence-corrected chi connectivity index (χ0v) is 19.9. The first-order valence-electron chi connectivity index (χ1n) is 12.0. The number of halogens is 1. The van der Waals surface area contributed by atoms with Crippen LogP contribution in [0.4, 0.5) is 4.39 Å². The van der Waals surface area contributed by atoms with Gasteiger partial charge in [0.1, 0.15) is 6.61 Å². The monoisotopic (exact) mass is 454 g/mol. The van der Waals surface area contributed by atoms with Crippen LogP contribution in [0.3, 0.4) is 0 Å². The van der Waals surface area contributed by atoms with Crippen LogP contribution in [-0.2, 0) is 16.1 Å². The lowest BCUT2D eigenvalue weighted by Crippen LogP contribution is -2.21. The van der Waals surface area contributed by atoms with E-state index in [4.69, 9.17) is 14.2 Å². The Bertz CT molecular complexity index is 930. The first-order chi connectivity index (χ1) is 16.1. The Hall–Kier alpha value is -2.82. The normalized spacial score (nSPS) is 18.6. The van der Waals surface area contributed by atoms with E-state index in [0.29, 0.717) is 17.7 Å². The van der Waals surface area contributed by atoms with E-state index in [1.54, 1.807) is 18.2 Å². The van der Waals surface area contributed by atoms with Gasteiger partial charge in [0.2, 0.25) is 5.82 Å². The average Bonchev–Trinajstić information content (AvgIpc) is 2.84. The van der Waals surface area contributed by atoms with Crippen molar-refractivity contribution in [3.8, 4) is 11.5 Å². The van der Waals surface area contributed by atoms with Crippen LogP contribution >= 0.6 is 0 Å². The Kier molecular flexibility index (Phi) is 9.35. The summed E-state index contributed by atoms with van der Waals surface area (Å²) in [6.45, 7) is 4.58. The predicted molar refractivity (Wildman–Crippen MR) is 129 cm³/mol. The number of rotatable bonds is 10. The quantitative estimate of drug-likeness (QED) is 0.287. The molecule has 0 bridgehead atoms. The minimum absolute atomic E-state index is 0.0888. The van der Waals surface area contributed by atoms with Gasteiger partial charge in [-0.25, -0.2) is 4.79 Å². The van der Waals surface area contributed by atoms with Crippen molar-refractivity contribution in [2.45, 2.75) is 59.0 Å². The second kappa shape index (κ2) is 12.4. The number of hydrogen-bond donors (Lipinski definition) is 0. The van der Waals surface area contributed by atoms with Crippen molar-refractivity contribution in [2.24, 2.45) is 11.8 Å². The fourth-order valence-electron chi connectivity index (χ4n) is 4.61. The summed E-state index contributed by atoms with van der Waals surface area (Å²) in [6.07, 6.45) is 8.23. The van der Waals surface area contributed by atoms with Gasteiger partial charge in [-0.2, -0.15) is 4.39 Å². The lowest BCUT2D eigenvalue weighted by atomic mass is 9.76. The molecule has 0 N–H and O–H groups in total. The Balaban J connectivity index is 1.93. The maximum Gasteiger partial charge on any atom is 0.334 e. The molecule has 0 unspecified atom stereocenters. The summed E-state index contributed by atoms with van der Waals surface area (Å²) in [5.74, 6) is 0.123. The van der Waals surface area contributed by atoms with E-state index in [2.05, 4.69) is 6.92 Å². The molecule has 5 heteroatoms. The second-order valence-electron chi connectivity index (χ2n) is 8.60. The molecule has 33 heavy (non-hydrogen) atoms. The van der Waals surface area contributed by atoms with Gasteiger partial charge in [0.15, 0.2) is 11.5 Å². The van der Waals surface area contributed by atoms with Gasteiger partial charge in [-0.3, -0.25) is 0 Å². The third-order valence-corrected chi connectivity index (χ3v) is 6.33. The zero-order chi connectivity index (χ0) is 23.6. The molecule has 178 valence electrons. The van der Waals surface area contributed by atoms with Crippen LogP contribution in [0.1, 0.15) is 63.5 Å². The van der Waals surface area contributed by atoms with Gasteiger partial charge in [-0.05, 0) is 68.2 Å². The summed E-state index contributed by atoms with van der Waals surface area (Å²) in [5.41, 5.74) is 2.03. The summed E-state index contributed by atoms with van der Waals surface area (Å²) in [6, 6.07) is 12.9. The molecule has 0 aromatic heterocycles. The molecule has 2 aromatic carbocycles. The van der Waals surface area contributed by atoms with Crippen LogP contribution in [0.15, 0.2) is 48.0 Å². The van der Waals surface area contributed by atoms with Crippen LogP contribution in [0.2, 0.25) is 0 Å². The van der Waals surface area contributed by atoms with Crippen molar-refractivity contribution >= 4 is 12.0 Å². The van der Waals surface area contributed by atoms with E-state index in [1.807, 2.05) is 37.3 Å². The largest absolute Gasteiger partial charge is 0.491 e. The molecule has 0 spiro atoms. The molecule has 0 amide bonds. The summed E-state index contributed by atoms with van der Waals surface area (Å²) >= 11 is 0. The number of hydrogen-bond acceptors (Lipinski definition) is 4. The van der Waals surface area contributed by atoms with Gasteiger partial charge in [0, 0.05) is 11.1 Å². The Morgan fingerprint density at radius 2 is 1.76 bits per heavy atom. The molecule has 0 aliphatic heterocycles. The van der Waals surface area contributed by atoms with Gasteiger partial charge in [-0.1, -0.05) is 50.1 Å². The van der Waals surface area contributed by atoms with Crippen LogP contribution in [0.25, 0.3) is 6.08 Å². The first-order valence-corrected chi connectivity index (χ1v) is 12.0. The molecule has 2 aromatic rings. The van der Waals surface area contributed by atoms with E-state index in [-0.39, 0.29) is 30.0 Å². The highest BCUT2D eigenvalue weighted by molar-refractivity contribution is 5.94. The molecule has 1 saturated carbocycles. The molecular weight excluding hydrogens is 419 g/mol. The van der Waals surface area contributed by atoms with Gasteiger partial charge in [0.25, 0.3) is 0 Å². The number of benzene rings is 2. The SMILES string of the molecule is CCCC1CCC(/C(=C/c2ccc(OCC)c(F)c2OCc2ccccc2)C(=O)OC)CC1. The van der Waals surface area contributed by atoms with E-state index in [1.165, 1.54) is 20.0 Å². The molecule has 0 saturated heterocycles. The van der Waals surface area contributed by atoms with Crippen LogP contribution < -0.4 is 9.47 Å². The number of carbonyl (C=O) groups excluding carboxylic acids is 1. The number of methoxy groups -OCH3 is 1. The van der Waals surface area contributed by atoms with Gasteiger partial charge in [-0.15, -0.1) is 0 Å². The molecule has 1 fully saturated rings. The molecule has 1 aliphatic rings. The summed E-state index contributed by atoms with van der Waals surface area (Å²) in [5, 5.41) is 0.